The van der Waals surface area contributed by atoms with Crippen LogP contribution in [0.2, 0.25) is 0 Å². The Kier molecular flexibility index (Phi) is 5.69. The van der Waals surface area contributed by atoms with Gasteiger partial charge in [-0.25, -0.2) is 9.37 Å². The fraction of sp³-hybridized carbons (Fsp3) is 0.231. The van der Waals surface area contributed by atoms with Crippen LogP contribution in [0.1, 0.15) is 15.9 Å². The van der Waals surface area contributed by atoms with Gasteiger partial charge in [0.15, 0.2) is 0 Å². The summed E-state index contributed by atoms with van der Waals surface area (Å²) < 4.78 is 20.7. The van der Waals surface area contributed by atoms with E-state index in [1.54, 1.807) is 43.5 Å². The molecule has 168 valence electrons. The molecule has 7 heteroatoms. The minimum absolute atomic E-state index is 0.0251. The fourth-order valence-corrected chi connectivity index (χ4v) is 4.26. The lowest BCUT2D eigenvalue weighted by molar-refractivity contribution is 0.0746. The lowest BCUT2D eigenvalue weighted by Crippen LogP contribution is -2.49. The molecule has 1 saturated heterocycles. The van der Waals surface area contributed by atoms with Gasteiger partial charge in [0, 0.05) is 31.7 Å². The third kappa shape index (κ3) is 4.26. The maximum absolute atomic E-state index is 13.4. The summed E-state index contributed by atoms with van der Waals surface area (Å²) in [6.45, 7) is 3.21. The van der Waals surface area contributed by atoms with Crippen LogP contribution in [0, 0.1) is 5.82 Å². The molecular formula is C26H25FN4O2. The normalized spacial score (nSPS) is 14.0. The van der Waals surface area contributed by atoms with Crippen LogP contribution in [0.15, 0.2) is 72.8 Å². The first-order valence-electron chi connectivity index (χ1n) is 11.0. The van der Waals surface area contributed by atoms with Crippen molar-refractivity contribution in [1.82, 2.24) is 14.5 Å². The van der Waals surface area contributed by atoms with Crippen LogP contribution in [0.3, 0.4) is 0 Å². The number of benzene rings is 3. The van der Waals surface area contributed by atoms with Crippen LogP contribution in [-0.2, 0) is 6.54 Å². The second kappa shape index (κ2) is 8.94. The molecule has 0 aliphatic carbocycles. The molecule has 1 aliphatic heterocycles. The molecule has 0 spiro atoms. The van der Waals surface area contributed by atoms with Crippen LogP contribution in [-0.4, -0.2) is 53.6 Å². The summed E-state index contributed by atoms with van der Waals surface area (Å²) in [7, 11) is 1.61. The van der Waals surface area contributed by atoms with Gasteiger partial charge in [-0.3, -0.25) is 4.79 Å². The van der Waals surface area contributed by atoms with Crippen molar-refractivity contribution < 1.29 is 13.9 Å². The Morgan fingerprint density at radius 2 is 1.64 bits per heavy atom. The number of piperazine rings is 1. The van der Waals surface area contributed by atoms with E-state index < -0.39 is 0 Å². The van der Waals surface area contributed by atoms with Crippen LogP contribution < -0.4 is 9.64 Å². The number of aromatic nitrogens is 2. The predicted molar refractivity (Wildman–Crippen MR) is 126 cm³/mol. The molecule has 0 radical (unpaired) electrons. The van der Waals surface area contributed by atoms with Gasteiger partial charge >= 0.3 is 0 Å². The first kappa shape index (κ1) is 21.0. The number of halogens is 1. The molecule has 6 nitrogen and oxygen atoms in total. The number of hydrogen-bond acceptors (Lipinski definition) is 4. The summed E-state index contributed by atoms with van der Waals surface area (Å²) >= 11 is 0. The number of amides is 1. The number of methoxy groups -OCH3 is 1. The van der Waals surface area contributed by atoms with E-state index in [9.17, 15) is 9.18 Å². The third-order valence-electron chi connectivity index (χ3n) is 6.08. The SMILES string of the molecule is COc1ccc(C(=O)N2CCN(c3nc4ccccc4n3Cc3ccc(F)cc3)CC2)cc1. The van der Waals surface area contributed by atoms with Gasteiger partial charge in [0.05, 0.1) is 24.7 Å². The zero-order valence-corrected chi connectivity index (χ0v) is 18.4. The quantitative estimate of drug-likeness (QED) is 0.463. The minimum atomic E-state index is -0.243. The summed E-state index contributed by atoms with van der Waals surface area (Å²) in [5, 5.41) is 0. The predicted octanol–water partition coefficient (Wildman–Crippen LogP) is 4.19. The Hall–Kier alpha value is -3.87. The van der Waals surface area contributed by atoms with Crippen molar-refractivity contribution in [3.8, 4) is 5.75 Å². The first-order chi connectivity index (χ1) is 16.1. The molecule has 0 atom stereocenters. The number of imidazole rings is 1. The average molecular weight is 445 g/mol. The fourth-order valence-electron chi connectivity index (χ4n) is 4.26. The van der Waals surface area contributed by atoms with Gasteiger partial charge in [-0.05, 0) is 54.1 Å². The van der Waals surface area contributed by atoms with Crippen LogP contribution in [0.5, 0.6) is 5.75 Å². The average Bonchev–Trinajstić information content (AvgIpc) is 3.23. The molecule has 5 rings (SSSR count). The Bertz CT molecular complexity index is 1260. The number of hydrogen-bond donors (Lipinski definition) is 0. The first-order valence-corrected chi connectivity index (χ1v) is 11.0. The van der Waals surface area contributed by atoms with Gasteiger partial charge in [-0.1, -0.05) is 24.3 Å². The van der Waals surface area contributed by atoms with Gasteiger partial charge in [-0.15, -0.1) is 0 Å². The molecule has 0 bridgehead atoms. The zero-order chi connectivity index (χ0) is 22.8. The maximum atomic E-state index is 13.4. The maximum Gasteiger partial charge on any atom is 0.253 e. The minimum Gasteiger partial charge on any atom is -0.497 e. The molecule has 1 aliphatic rings. The highest BCUT2D eigenvalue weighted by Gasteiger charge is 2.25. The van der Waals surface area contributed by atoms with Crippen LogP contribution in [0.4, 0.5) is 10.3 Å². The Morgan fingerprint density at radius 3 is 2.33 bits per heavy atom. The number of ether oxygens (including phenoxy) is 1. The number of anilines is 1. The molecule has 2 heterocycles. The third-order valence-corrected chi connectivity index (χ3v) is 6.08. The molecule has 1 fully saturated rings. The van der Waals surface area contributed by atoms with E-state index >= 15 is 0 Å². The molecule has 3 aromatic carbocycles. The molecule has 0 saturated carbocycles. The van der Waals surface area contributed by atoms with Crippen LogP contribution >= 0.6 is 0 Å². The standard InChI is InChI=1S/C26H25FN4O2/c1-33-22-12-8-20(9-13-22)25(32)29-14-16-30(17-15-29)26-28-23-4-2-3-5-24(23)31(26)18-19-6-10-21(27)11-7-19/h2-13H,14-18H2,1H3. The van der Waals surface area contributed by atoms with E-state index in [0.29, 0.717) is 38.3 Å². The van der Waals surface area contributed by atoms with E-state index in [0.717, 1.165) is 28.3 Å². The Morgan fingerprint density at radius 1 is 0.939 bits per heavy atom. The second-order valence-electron chi connectivity index (χ2n) is 8.12. The molecule has 4 aromatic rings. The van der Waals surface area contributed by atoms with Crippen molar-refractivity contribution in [2.45, 2.75) is 6.54 Å². The molecule has 1 amide bonds. The highest BCUT2D eigenvalue weighted by Crippen LogP contribution is 2.25. The van der Waals surface area contributed by atoms with Crippen molar-refractivity contribution in [3.63, 3.8) is 0 Å². The van der Waals surface area contributed by atoms with Gasteiger partial charge in [-0.2, -0.15) is 0 Å². The van der Waals surface area contributed by atoms with Crippen LogP contribution in [0.25, 0.3) is 11.0 Å². The number of fused-ring (bicyclic) bond motifs is 1. The summed E-state index contributed by atoms with van der Waals surface area (Å²) in [4.78, 5) is 21.9. The smallest absolute Gasteiger partial charge is 0.253 e. The van der Waals surface area contributed by atoms with E-state index in [4.69, 9.17) is 9.72 Å². The van der Waals surface area contributed by atoms with Gasteiger partial charge in [0.1, 0.15) is 11.6 Å². The summed E-state index contributed by atoms with van der Waals surface area (Å²) in [6, 6.07) is 21.8. The number of nitrogens with zero attached hydrogens (tertiary/aromatic N) is 4. The highest BCUT2D eigenvalue weighted by molar-refractivity contribution is 5.94. The monoisotopic (exact) mass is 444 g/mol. The van der Waals surface area contributed by atoms with Gasteiger partial charge < -0.3 is 19.1 Å². The molecule has 33 heavy (non-hydrogen) atoms. The van der Waals surface area contributed by atoms with Gasteiger partial charge in [0.25, 0.3) is 5.91 Å². The summed E-state index contributed by atoms with van der Waals surface area (Å²) in [5.41, 5.74) is 3.63. The molecule has 0 unspecified atom stereocenters. The second-order valence-corrected chi connectivity index (χ2v) is 8.12. The van der Waals surface area contributed by atoms with Crippen molar-refractivity contribution >= 4 is 22.9 Å². The van der Waals surface area contributed by atoms with E-state index in [1.807, 2.05) is 23.1 Å². The summed E-state index contributed by atoms with van der Waals surface area (Å²) in [6.07, 6.45) is 0. The van der Waals surface area contributed by atoms with Crippen molar-refractivity contribution in [1.29, 1.82) is 0 Å². The van der Waals surface area contributed by atoms with E-state index in [-0.39, 0.29) is 11.7 Å². The van der Waals surface area contributed by atoms with E-state index in [1.165, 1.54) is 12.1 Å². The summed E-state index contributed by atoms with van der Waals surface area (Å²) in [5.74, 6) is 1.39. The molecule has 1 aromatic heterocycles. The van der Waals surface area contributed by atoms with Crippen molar-refractivity contribution in [3.05, 3.63) is 89.7 Å². The topological polar surface area (TPSA) is 50.6 Å². The van der Waals surface area contributed by atoms with Crippen molar-refractivity contribution in [2.75, 3.05) is 38.2 Å². The Labute approximate surface area is 191 Å². The lowest BCUT2D eigenvalue weighted by atomic mass is 10.1. The lowest BCUT2D eigenvalue weighted by Gasteiger charge is -2.35. The number of rotatable bonds is 5. The van der Waals surface area contributed by atoms with Gasteiger partial charge in [0.2, 0.25) is 5.95 Å². The number of carbonyl (C=O) groups is 1. The number of carbonyl (C=O) groups excluding carboxylic acids is 1. The van der Waals surface area contributed by atoms with E-state index in [2.05, 4.69) is 15.5 Å². The number of para-hydroxylation sites is 2. The highest BCUT2D eigenvalue weighted by atomic mass is 19.1. The zero-order valence-electron chi connectivity index (χ0n) is 18.4. The molecular weight excluding hydrogens is 419 g/mol. The largest absolute Gasteiger partial charge is 0.497 e. The molecule has 0 N–H and O–H groups in total. The van der Waals surface area contributed by atoms with Crippen molar-refractivity contribution in [2.24, 2.45) is 0 Å². The Balaban J connectivity index is 1.35.